The van der Waals surface area contributed by atoms with Gasteiger partial charge in [-0.2, -0.15) is 5.10 Å². The van der Waals surface area contributed by atoms with Crippen LogP contribution in [0.4, 0.5) is 14.6 Å². The van der Waals surface area contributed by atoms with E-state index in [0.717, 1.165) is 54.7 Å². The highest BCUT2D eigenvalue weighted by atomic mass is 19.1. The normalized spacial score (nSPS) is 19.8. The first kappa shape index (κ1) is 26.4. The number of amides is 1. The van der Waals surface area contributed by atoms with Gasteiger partial charge in [0.05, 0.1) is 24.1 Å². The van der Waals surface area contributed by atoms with Crippen molar-refractivity contribution < 1.29 is 23.0 Å². The second-order valence-electron chi connectivity index (χ2n) is 10.4. The van der Waals surface area contributed by atoms with E-state index in [1.165, 1.54) is 18.2 Å². The van der Waals surface area contributed by atoms with E-state index in [2.05, 4.69) is 16.6 Å². The number of ether oxygens (including phenoxy) is 2. The number of fused-ring (bicyclic) bond motifs is 1. The average molecular weight is 551 g/mol. The van der Waals surface area contributed by atoms with Crippen LogP contribution in [-0.4, -0.2) is 62.9 Å². The van der Waals surface area contributed by atoms with E-state index in [-0.39, 0.29) is 24.0 Å². The lowest BCUT2D eigenvalue weighted by atomic mass is 10.1. The quantitative estimate of drug-likeness (QED) is 0.420. The summed E-state index contributed by atoms with van der Waals surface area (Å²) < 4.78 is 41.1. The summed E-state index contributed by atoms with van der Waals surface area (Å²) in [5, 5.41) is 4.59. The summed E-state index contributed by atoms with van der Waals surface area (Å²) in [6.07, 6.45) is 9.72. The van der Waals surface area contributed by atoms with Crippen LogP contribution in [-0.2, 0) is 22.5 Å². The topological polar surface area (TPSA) is 85.6 Å². The van der Waals surface area contributed by atoms with Gasteiger partial charge in [0.1, 0.15) is 23.8 Å². The van der Waals surface area contributed by atoms with Gasteiger partial charge in [0.2, 0.25) is 5.91 Å². The van der Waals surface area contributed by atoms with Gasteiger partial charge in [-0.25, -0.2) is 23.4 Å². The molecule has 9 nitrogen and oxygen atoms in total. The Kier molecular flexibility index (Phi) is 7.46. The third kappa shape index (κ3) is 5.42. The lowest BCUT2D eigenvalue weighted by Gasteiger charge is -2.35. The fraction of sp³-hybridized carbons (Fsp3) is 0.448. The van der Waals surface area contributed by atoms with Crippen molar-refractivity contribution in [2.45, 2.75) is 57.4 Å². The SMILES string of the molecule is C=CC(=O)N1CCc2nc(N3CCC(Oc4ccc(F)cc4F)CC3)c(-c3cnn(C4CCCCO4)c3)nc2C1. The van der Waals surface area contributed by atoms with Crippen LogP contribution < -0.4 is 9.64 Å². The number of carbonyl (C=O) groups is 1. The number of aromatic nitrogens is 4. The molecule has 0 bridgehead atoms. The van der Waals surface area contributed by atoms with Gasteiger partial charge in [0, 0.05) is 63.3 Å². The molecule has 210 valence electrons. The fourth-order valence-electron chi connectivity index (χ4n) is 5.54. The first-order valence-electron chi connectivity index (χ1n) is 13.8. The number of hydrogen-bond donors (Lipinski definition) is 0. The summed E-state index contributed by atoms with van der Waals surface area (Å²) in [5.41, 5.74) is 3.18. The summed E-state index contributed by atoms with van der Waals surface area (Å²) in [7, 11) is 0. The number of nitrogens with zero attached hydrogens (tertiary/aromatic N) is 6. The van der Waals surface area contributed by atoms with E-state index in [1.807, 2.05) is 10.9 Å². The standard InChI is InChI=1S/C29H32F2N6O3/c1-2-26(38)36-13-10-23-24(18-36)33-28(19-16-32-37(17-19)27-5-3-4-14-39-27)29(34-23)35-11-8-21(9-12-35)40-25-7-6-20(30)15-22(25)31/h2,6-7,15-17,21,27H,1,3-5,8-14,18H2. The average Bonchev–Trinajstić information content (AvgIpc) is 3.48. The van der Waals surface area contributed by atoms with Crippen molar-refractivity contribution in [2.75, 3.05) is 31.1 Å². The zero-order valence-electron chi connectivity index (χ0n) is 22.3. The third-order valence-electron chi connectivity index (χ3n) is 7.73. The van der Waals surface area contributed by atoms with Crippen LogP contribution in [0.15, 0.2) is 43.2 Å². The highest BCUT2D eigenvalue weighted by Gasteiger charge is 2.29. The van der Waals surface area contributed by atoms with Crippen LogP contribution in [0.25, 0.3) is 11.3 Å². The van der Waals surface area contributed by atoms with Crippen molar-refractivity contribution in [3.63, 3.8) is 0 Å². The van der Waals surface area contributed by atoms with Gasteiger partial charge < -0.3 is 19.3 Å². The van der Waals surface area contributed by atoms with Crippen LogP contribution in [0.3, 0.4) is 0 Å². The smallest absolute Gasteiger partial charge is 0.246 e. The molecule has 11 heteroatoms. The first-order valence-corrected chi connectivity index (χ1v) is 13.8. The number of hydrogen-bond acceptors (Lipinski definition) is 7. The Hall–Kier alpha value is -3.86. The molecule has 0 saturated carbocycles. The number of halogens is 2. The third-order valence-corrected chi connectivity index (χ3v) is 7.73. The second-order valence-corrected chi connectivity index (χ2v) is 10.4. The summed E-state index contributed by atoms with van der Waals surface area (Å²) in [6.45, 7) is 6.53. The van der Waals surface area contributed by atoms with Crippen molar-refractivity contribution in [3.05, 3.63) is 66.3 Å². The molecule has 0 N–H and O–H groups in total. The van der Waals surface area contributed by atoms with Crippen molar-refractivity contribution in [1.29, 1.82) is 0 Å². The van der Waals surface area contributed by atoms with Crippen LogP contribution in [0, 0.1) is 11.6 Å². The minimum Gasteiger partial charge on any atom is -0.487 e. The maximum atomic E-state index is 14.1. The highest BCUT2D eigenvalue weighted by molar-refractivity contribution is 5.87. The molecule has 1 aromatic carbocycles. The Balaban J connectivity index is 1.26. The molecule has 0 aliphatic carbocycles. The summed E-state index contributed by atoms with van der Waals surface area (Å²) in [4.78, 5) is 26.3. The van der Waals surface area contributed by atoms with E-state index in [1.54, 1.807) is 11.1 Å². The number of anilines is 1. The Labute approximate surface area is 231 Å². The van der Waals surface area contributed by atoms with Crippen LogP contribution in [0.5, 0.6) is 5.75 Å². The van der Waals surface area contributed by atoms with E-state index >= 15 is 0 Å². The molecule has 0 radical (unpaired) electrons. The molecule has 2 fully saturated rings. The Morgan fingerprint density at radius 3 is 2.70 bits per heavy atom. The predicted molar refractivity (Wildman–Crippen MR) is 144 cm³/mol. The van der Waals surface area contributed by atoms with Crippen molar-refractivity contribution in [2.24, 2.45) is 0 Å². The molecule has 1 unspecified atom stereocenters. The second kappa shape index (κ2) is 11.3. The van der Waals surface area contributed by atoms with Crippen LogP contribution >= 0.6 is 0 Å². The fourth-order valence-corrected chi connectivity index (χ4v) is 5.54. The molecule has 3 aliphatic heterocycles. The first-order chi connectivity index (χ1) is 19.5. The molecule has 3 aliphatic rings. The molecule has 3 aromatic rings. The maximum Gasteiger partial charge on any atom is 0.246 e. The largest absolute Gasteiger partial charge is 0.487 e. The maximum absolute atomic E-state index is 14.1. The van der Waals surface area contributed by atoms with E-state index in [4.69, 9.17) is 19.4 Å². The van der Waals surface area contributed by atoms with Gasteiger partial charge in [-0.1, -0.05) is 6.58 Å². The molecule has 1 atom stereocenters. The van der Waals surface area contributed by atoms with Gasteiger partial charge >= 0.3 is 0 Å². The monoisotopic (exact) mass is 550 g/mol. The zero-order valence-corrected chi connectivity index (χ0v) is 22.3. The van der Waals surface area contributed by atoms with Gasteiger partial charge in [0.25, 0.3) is 0 Å². The van der Waals surface area contributed by atoms with Gasteiger partial charge in [-0.15, -0.1) is 0 Å². The molecular weight excluding hydrogens is 518 g/mol. The Bertz CT molecular complexity index is 1400. The number of rotatable bonds is 6. The van der Waals surface area contributed by atoms with E-state index < -0.39 is 11.6 Å². The van der Waals surface area contributed by atoms with Gasteiger partial charge in [-0.3, -0.25) is 4.79 Å². The predicted octanol–water partition coefficient (Wildman–Crippen LogP) is 4.44. The molecule has 1 amide bonds. The zero-order chi connectivity index (χ0) is 27.6. The molecule has 2 saturated heterocycles. The lowest BCUT2D eigenvalue weighted by molar-refractivity contribution is -0.126. The molecule has 0 spiro atoms. The highest BCUT2D eigenvalue weighted by Crippen LogP contribution is 2.34. The minimum absolute atomic E-state index is 0.0603. The number of piperidine rings is 1. The summed E-state index contributed by atoms with van der Waals surface area (Å²) >= 11 is 0. The van der Waals surface area contributed by atoms with Crippen molar-refractivity contribution in [1.82, 2.24) is 24.6 Å². The molecule has 5 heterocycles. The number of benzene rings is 1. The molecule has 2 aromatic heterocycles. The van der Waals surface area contributed by atoms with Crippen LogP contribution in [0.2, 0.25) is 0 Å². The summed E-state index contributed by atoms with van der Waals surface area (Å²) in [6, 6.07) is 3.37. The van der Waals surface area contributed by atoms with Gasteiger partial charge in [-0.05, 0) is 37.5 Å². The molecular formula is C29H32F2N6O3. The molecule has 6 rings (SSSR count). The lowest BCUT2D eigenvalue weighted by Crippen LogP contribution is -2.40. The van der Waals surface area contributed by atoms with Gasteiger partial charge in [0.15, 0.2) is 17.4 Å². The molecule has 40 heavy (non-hydrogen) atoms. The minimum atomic E-state index is -0.701. The van der Waals surface area contributed by atoms with E-state index in [9.17, 15) is 13.6 Å². The number of carbonyl (C=O) groups excluding carboxylic acids is 1. The van der Waals surface area contributed by atoms with E-state index in [0.29, 0.717) is 51.1 Å². The van der Waals surface area contributed by atoms with Crippen LogP contribution in [0.1, 0.15) is 49.7 Å². The Morgan fingerprint density at radius 1 is 1.10 bits per heavy atom. The van der Waals surface area contributed by atoms with Crippen molar-refractivity contribution >= 4 is 11.7 Å². The Morgan fingerprint density at radius 2 is 1.95 bits per heavy atom. The van der Waals surface area contributed by atoms with Crippen molar-refractivity contribution in [3.8, 4) is 17.0 Å². The summed E-state index contributed by atoms with van der Waals surface area (Å²) in [5.74, 6) is -0.635.